The first-order valence-electron chi connectivity index (χ1n) is 13.0. The standard InChI is InChI=1S/C27H37N3O5S2/c1-21(30-19-7-11-26(37(30,34)35)24-9-4-3-5-10-24)23-12-14-25(15-13-23)27(31)28-17-16-22-8-6-18-29(20-22)36(2,32)33/h3-5,9-10,12-15,21-22,26H,6-8,11,16-20H2,1-2H3,(H,28,31). The number of rotatable bonds is 8. The van der Waals surface area contributed by atoms with Crippen molar-refractivity contribution >= 4 is 26.0 Å². The minimum absolute atomic E-state index is 0.190. The minimum Gasteiger partial charge on any atom is -0.352 e. The molecule has 37 heavy (non-hydrogen) atoms. The lowest BCUT2D eigenvalue weighted by atomic mass is 9.96. The van der Waals surface area contributed by atoms with Crippen LogP contribution in [0.1, 0.15) is 71.8 Å². The SMILES string of the molecule is CC(c1ccc(C(=O)NCCC2CCCN(S(C)(=O)=O)C2)cc1)N1CCCC(c2ccccc2)S1(=O)=O. The number of piperidine rings is 1. The van der Waals surface area contributed by atoms with Gasteiger partial charge in [-0.1, -0.05) is 42.5 Å². The van der Waals surface area contributed by atoms with Crippen molar-refractivity contribution in [3.8, 4) is 0 Å². The predicted octanol–water partition coefficient (Wildman–Crippen LogP) is 3.71. The normalized spacial score (nSPS) is 23.8. The van der Waals surface area contributed by atoms with Crippen molar-refractivity contribution in [3.05, 3.63) is 71.3 Å². The molecule has 202 valence electrons. The molecule has 2 aromatic carbocycles. The highest BCUT2D eigenvalue weighted by molar-refractivity contribution is 7.89. The van der Waals surface area contributed by atoms with E-state index in [0.717, 1.165) is 36.8 Å². The van der Waals surface area contributed by atoms with Crippen molar-refractivity contribution in [2.24, 2.45) is 5.92 Å². The van der Waals surface area contributed by atoms with E-state index >= 15 is 0 Å². The molecule has 0 spiro atoms. The van der Waals surface area contributed by atoms with Gasteiger partial charge >= 0.3 is 0 Å². The van der Waals surface area contributed by atoms with Gasteiger partial charge in [-0.15, -0.1) is 0 Å². The molecule has 0 aliphatic carbocycles. The fourth-order valence-electron chi connectivity index (χ4n) is 5.43. The Hall–Kier alpha value is -2.27. The number of carbonyl (C=O) groups excluding carboxylic acids is 1. The van der Waals surface area contributed by atoms with Crippen LogP contribution in [0.3, 0.4) is 0 Å². The molecule has 0 radical (unpaired) electrons. The number of benzene rings is 2. The fourth-order valence-corrected chi connectivity index (χ4v) is 8.61. The summed E-state index contributed by atoms with van der Waals surface area (Å²) in [5.74, 6) is 0.0444. The second kappa shape index (κ2) is 11.6. The number of hydrogen-bond acceptors (Lipinski definition) is 5. The lowest BCUT2D eigenvalue weighted by molar-refractivity contribution is 0.0949. The Labute approximate surface area is 221 Å². The van der Waals surface area contributed by atoms with Crippen LogP contribution in [-0.4, -0.2) is 63.8 Å². The van der Waals surface area contributed by atoms with E-state index in [1.165, 1.54) is 10.6 Å². The first kappa shape index (κ1) is 27.8. The Morgan fingerprint density at radius 1 is 1.03 bits per heavy atom. The van der Waals surface area contributed by atoms with E-state index in [1.54, 1.807) is 16.4 Å². The van der Waals surface area contributed by atoms with Crippen LogP contribution in [0.25, 0.3) is 0 Å². The highest BCUT2D eigenvalue weighted by Gasteiger charge is 2.39. The predicted molar refractivity (Wildman–Crippen MR) is 145 cm³/mol. The summed E-state index contributed by atoms with van der Waals surface area (Å²) >= 11 is 0. The number of amides is 1. The Morgan fingerprint density at radius 3 is 2.38 bits per heavy atom. The monoisotopic (exact) mass is 547 g/mol. The zero-order valence-electron chi connectivity index (χ0n) is 21.5. The van der Waals surface area contributed by atoms with Crippen molar-refractivity contribution in [1.29, 1.82) is 0 Å². The average Bonchev–Trinajstić information content (AvgIpc) is 2.88. The second-order valence-electron chi connectivity index (χ2n) is 10.2. The molecule has 10 heteroatoms. The summed E-state index contributed by atoms with van der Waals surface area (Å²) in [6, 6.07) is 16.2. The average molecular weight is 548 g/mol. The molecule has 1 amide bonds. The summed E-state index contributed by atoms with van der Waals surface area (Å²) < 4.78 is 53.6. The third-order valence-electron chi connectivity index (χ3n) is 7.58. The van der Waals surface area contributed by atoms with Crippen LogP contribution >= 0.6 is 0 Å². The molecule has 0 aromatic heterocycles. The summed E-state index contributed by atoms with van der Waals surface area (Å²) in [6.07, 6.45) is 5.17. The van der Waals surface area contributed by atoms with Gasteiger partial charge < -0.3 is 5.32 Å². The lowest BCUT2D eigenvalue weighted by Crippen LogP contribution is -2.41. The van der Waals surface area contributed by atoms with Crippen LogP contribution in [0, 0.1) is 5.92 Å². The van der Waals surface area contributed by atoms with Gasteiger partial charge in [0, 0.05) is 37.8 Å². The van der Waals surface area contributed by atoms with Gasteiger partial charge in [-0.3, -0.25) is 4.79 Å². The van der Waals surface area contributed by atoms with Gasteiger partial charge in [0.25, 0.3) is 5.91 Å². The van der Waals surface area contributed by atoms with Gasteiger partial charge in [0.1, 0.15) is 5.25 Å². The Bertz CT molecular complexity index is 1280. The molecule has 3 unspecified atom stereocenters. The Morgan fingerprint density at radius 2 is 1.70 bits per heavy atom. The molecule has 2 heterocycles. The van der Waals surface area contributed by atoms with Crippen molar-refractivity contribution in [3.63, 3.8) is 0 Å². The topological polar surface area (TPSA) is 104 Å². The number of carbonyl (C=O) groups is 1. The molecule has 2 aliphatic heterocycles. The van der Waals surface area contributed by atoms with E-state index in [4.69, 9.17) is 0 Å². The van der Waals surface area contributed by atoms with E-state index < -0.39 is 25.3 Å². The van der Waals surface area contributed by atoms with Crippen LogP contribution < -0.4 is 5.32 Å². The van der Waals surface area contributed by atoms with E-state index in [-0.39, 0.29) is 17.9 Å². The van der Waals surface area contributed by atoms with Crippen molar-refractivity contribution in [2.75, 3.05) is 32.4 Å². The molecule has 2 saturated heterocycles. The summed E-state index contributed by atoms with van der Waals surface area (Å²) in [6.45, 7) is 3.92. The Kier molecular flexibility index (Phi) is 8.73. The molecule has 2 aliphatic rings. The van der Waals surface area contributed by atoms with E-state index in [9.17, 15) is 21.6 Å². The third-order valence-corrected chi connectivity index (χ3v) is 11.2. The number of nitrogens with zero attached hydrogens (tertiary/aromatic N) is 2. The highest BCUT2D eigenvalue weighted by atomic mass is 32.2. The first-order valence-corrected chi connectivity index (χ1v) is 16.3. The zero-order valence-corrected chi connectivity index (χ0v) is 23.2. The fraction of sp³-hybridized carbons (Fsp3) is 0.519. The maximum Gasteiger partial charge on any atom is 0.251 e. The molecular weight excluding hydrogens is 510 g/mol. The van der Waals surface area contributed by atoms with Gasteiger partial charge in [0.05, 0.1) is 6.26 Å². The zero-order chi connectivity index (χ0) is 26.6. The molecular formula is C27H37N3O5S2. The van der Waals surface area contributed by atoms with Gasteiger partial charge in [0.2, 0.25) is 20.0 Å². The maximum absolute atomic E-state index is 13.5. The largest absolute Gasteiger partial charge is 0.352 e. The molecule has 2 aromatic rings. The summed E-state index contributed by atoms with van der Waals surface area (Å²) in [7, 11) is -6.70. The lowest BCUT2D eigenvalue weighted by Gasteiger charge is -2.36. The maximum atomic E-state index is 13.5. The van der Waals surface area contributed by atoms with Crippen molar-refractivity contribution in [2.45, 2.75) is 50.3 Å². The van der Waals surface area contributed by atoms with E-state index in [0.29, 0.717) is 38.2 Å². The molecule has 1 N–H and O–H groups in total. The quantitative estimate of drug-likeness (QED) is 0.543. The third kappa shape index (κ3) is 6.60. The summed E-state index contributed by atoms with van der Waals surface area (Å²) in [5, 5.41) is 2.40. The molecule has 0 saturated carbocycles. The van der Waals surface area contributed by atoms with E-state index in [2.05, 4.69) is 5.32 Å². The van der Waals surface area contributed by atoms with Crippen LogP contribution in [0.5, 0.6) is 0 Å². The van der Waals surface area contributed by atoms with Gasteiger partial charge in [0.15, 0.2) is 0 Å². The van der Waals surface area contributed by atoms with Crippen LogP contribution in [-0.2, 0) is 20.0 Å². The number of hydrogen-bond donors (Lipinski definition) is 1. The number of nitrogens with one attached hydrogen (secondary N) is 1. The highest BCUT2D eigenvalue weighted by Crippen LogP contribution is 2.38. The first-order chi connectivity index (χ1) is 17.6. The molecule has 0 bridgehead atoms. The van der Waals surface area contributed by atoms with Crippen LogP contribution in [0.4, 0.5) is 0 Å². The summed E-state index contributed by atoms with van der Waals surface area (Å²) in [5.41, 5.74) is 2.18. The molecule has 3 atom stereocenters. The molecule has 4 rings (SSSR count). The van der Waals surface area contributed by atoms with Gasteiger partial charge in [-0.05, 0) is 68.2 Å². The Balaban J connectivity index is 1.34. The van der Waals surface area contributed by atoms with Gasteiger partial charge in [-0.2, -0.15) is 4.31 Å². The smallest absolute Gasteiger partial charge is 0.251 e. The second-order valence-corrected chi connectivity index (χ2v) is 14.2. The number of sulfonamides is 2. The summed E-state index contributed by atoms with van der Waals surface area (Å²) in [4.78, 5) is 12.7. The van der Waals surface area contributed by atoms with Crippen molar-refractivity contribution in [1.82, 2.24) is 13.9 Å². The van der Waals surface area contributed by atoms with Crippen molar-refractivity contribution < 1.29 is 21.6 Å². The van der Waals surface area contributed by atoms with Crippen LogP contribution in [0.15, 0.2) is 54.6 Å². The van der Waals surface area contributed by atoms with Crippen LogP contribution in [0.2, 0.25) is 0 Å². The molecule has 8 nitrogen and oxygen atoms in total. The van der Waals surface area contributed by atoms with E-state index in [1.807, 2.05) is 49.4 Å². The molecule has 2 fully saturated rings. The van der Waals surface area contributed by atoms with Gasteiger partial charge in [-0.25, -0.2) is 21.1 Å². The minimum atomic E-state index is -3.51.